The van der Waals surface area contributed by atoms with E-state index in [0.717, 1.165) is 37.2 Å². The summed E-state index contributed by atoms with van der Waals surface area (Å²) in [6, 6.07) is 7.50. The van der Waals surface area contributed by atoms with Gasteiger partial charge < -0.3 is 10.2 Å². The first-order chi connectivity index (χ1) is 10.1. The van der Waals surface area contributed by atoms with E-state index in [1.165, 1.54) is 13.3 Å². The van der Waals surface area contributed by atoms with E-state index in [0.29, 0.717) is 12.3 Å². The van der Waals surface area contributed by atoms with Gasteiger partial charge in [0.1, 0.15) is 0 Å². The average Bonchev–Trinajstić information content (AvgIpc) is 2.49. The fourth-order valence-electron chi connectivity index (χ4n) is 2.82. The average molecular weight is 288 g/mol. The highest BCUT2D eigenvalue weighted by Gasteiger charge is 2.22. The van der Waals surface area contributed by atoms with Crippen LogP contribution in [0.4, 0.5) is 5.69 Å². The number of nitrogens with one attached hydrogen (secondary N) is 1. The number of anilines is 1. The highest BCUT2D eigenvalue weighted by atomic mass is 16.2. The number of hydrogen-bond acceptors (Lipinski definition) is 2. The Morgan fingerprint density at radius 3 is 2.62 bits per heavy atom. The molecule has 0 bridgehead atoms. The van der Waals surface area contributed by atoms with Crippen LogP contribution in [0.1, 0.15) is 38.7 Å². The zero-order valence-electron chi connectivity index (χ0n) is 12.9. The van der Waals surface area contributed by atoms with E-state index in [1.54, 1.807) is 0 Å². The first-order valence-corrected chi connectivity index (χ1v) is 7.72. The first kappa shape index (κ1) is 15.5. The number of benzene rings is 1. The van der Waals surface area contributed by atoms with Crippen molar-refractivity contribution < 1.29 is 9.59 Å². The molecule has 4 heteroatoms. The van der Waals surface area contributed by atoms with Crippen LogP contribution in [0, 0.1) is 5.92 Å². The van der Waals surface area contributed by atoms with Crippen molar-refractivity contribution in [1.82, 2.24) is 4.90 Å². The number of amides is 2. The van der Waals surface area contributed by atoms with Crippen LogP contribution in [0.3, 0.4) is 0 Å². The lowest BCUT2D eigenvalue weighted by atomic mass is 9.95. The van der Waals surface area contributed by atoms with Gasteiger partial charge in [-0.15, -0.1) is 0 Å². The molecule has 2 amide bonds. The summed E-state index contributed by atoms with van der Waals surface area (Å²) in [4.78, 5) is 25.3. The quantitative estimate of drug-likeness (QED) is 0.926. The normalized spacial score (nSPS) is 18.4. The van der Waals surface area contributed by atoms with Crippen molar-refractivity contribution in [3.8, 4) is 0 Å². The van der Waals surface area contributed by atoms with Crippen LogP contribution >= 0.6 is 0 Å². The molecule has 1 heterocycles. The molecule has 1 aliphatic rings. The highest BCUT2D eigenvalue weighted by Crippen LogP contribution is 2.20. The van der Waals surface area contributed by atoms with Crippen molar-refractivity contribution in [2.45, 2.75) is 39.5 Å². The van der Waals surface area contributed by atoms with Crippen LogP contribution in [0.25, 0.3) is 0 Å². The fraction of sp³-hybridized carbons (Fsp3) is 0.529. The minimum atomic E-state index is -0.0854. The summed E-state index contributed by atoms with van der Waals surface area (Å²) in [6.07, 6.45) is 3.95. The molecular weight excluding hydrogens is 264 g/mol. The third-order valence-electron chi connectivity index (χ3n) is 4.08. The Balaban J connectivity index is 1.91. The van der Waals surface area contributed by atoms with E-state index in [-0.39, 0.29) is 11.8 Å². The van der Waals surface area contributed by atoms with Crippen LogP contribution in [0.15, 0.2) is 24.3 Å². The van der Waals surface area contributed by atoms with Gasteiger partial charge in [-0.05, 0) is 36.5 Å². The van der Waals surface area contributed by atoms with E-state index < -0.39 is 0 Å². The van der Waals surface area contributed by atoms with Crippen molar-refractivity contribution in [2.24, 2.45) is 5.92 Å². The Morgan fingerprint density at radius 2 is 2.00 bits per heavy atom. The van der Waals surface area contributed by atoms with Crippen molar-refractivity contribution >= 4 is 17.5 Å². The number of piperidine rings is 1. The van der Waals surface area contributed by atoms with Gasteiger partial charge in [-0.25, -0.2) is 0 Å². The second kappa shape index (κ2) is 7.25. The lowest BCUT2D eigenvalue weighted by molar-refractivity contribution is -0.132. The topological polar surface area (TPSA) is 49.4 Å². The summed E-state index contributed by atoms with van der Waals surface area (Å²) in [7, 11) is 0. The molecule has 1 aromatic carbocycles. The maximum absolute atomic E-state index is 12.3. The monoisotopic (exact) mass is 288 g/mol. The van der Waals surface area contributed by atoms with Gasteiger partial charge in [0.25, 0.3) is 0 Å². The zero-order valence-corrected chi connectivity index (χ0v) is 12.9. The van der Waals surface area contributed by atoms with Crippen molar-refractivity contribution in [3.63, 3.8) is 0 Å². The van der Waals surface area contributed by atoms with Crippen LogP contribution in [0.5, 0.6) is 0 Å². The molecule has 1 fully saturated rings. The van der Waals surface area contributed by atoms with Gasteiger partial charge in [0.15, 0.2) is 0 Å². The lowest BCUT2D eigenvalue weighted by Gasteiger charge is -2.32. The molecular formula is C17H24N2O2. The van der Waals surface area contributed by atoms with E-state index in [1.807, 2.05) is 29.2 Å². The molecule has 0 saturated carbocycles. The van der Waals surface area contributed by atoms with E-state index in [2.05, 4.69) is 12.2 Å². The SMILES string of the molecule is CCC1CCCN(C(=O)Cc2ccc(NC(C)=O)cc2)C1. The van der Waals surface area contributed by atoms with Gasteiger partial charge >= 0.3 is 0 Å². The van der Waals surface area contributed by atoms with Crippen LogP contribution < -0.4 is 5.32 Å². The summed E-state index contributed by atoms with van der Waals surface area (Å²) >= 11 is 0. The largest absolute Gasteiger partial charge is 0.342 e. The smallest absolute Gasteiger partial charge is 0.226 e. The van der Waals surface area contributed by atoms with E-state index in [9.17, 15) is 9.59 Å². The van der Waals surface area contributed by atoms with Crippen molar-refractivity contribution in [1.29, 1.82) is 0 Å². The molecule has 21 heavy (non-hydrogen) atoms. The third-order valence-corrected chi connectivity index (χ3v) is 4.08. The molecule has 0 aromatic heterocycles. The molecule has 114 valence electrons. The molecule has 1 saturated heterocycles. The highest BCUT2D eigenvalue weighted by molar-refractivity contribution is 5.88. The fourth-order valence-corrected chi connectivity index (χ4v) is 2.82. The van der Waals surface area contributed by atoms with Crippen LogP contribution in [-0.4, -0.2) is 29.8 Å². The third kappa shape index (κ3) is 4.59. The van der Waals surface area contributed by atoms with Crippen molar-refractivity contribution in [2.75, 3.05) is 18.4 Å². The van der Waals surface area contributed by atoms with Gasteiger partial charge in [0.2, 0.25) is 11.8 Å². The number of likely N-dealkylation sites (tertiary alicyclic amines) is 1. The Kier molecular flexibility index (Phi) is 5.37. The number of carbonyl (C=O) groups is 2. The predicted molar refractivity (Wildman–Crippen MR) is 84.0 cm³/mol. The second-order valence-electron chi connectivity index (χ2n) is 5.81. The molecule has 1 aliphatic heterocycles. The van der Waals surface area contributed by atoms with Gasteiger partial charge in [-0.2, -0.15) is 0 Å². The van der Waals surface area contributed by atoms with Gasteiger partial charge in [0, 0.05) is 25.7 Å². The van der Waals surface area contributed by atoms with Gasteiger partial charge in [-0.1, -0.05) is 25.5 Å². The molecule has 4 nitrogen and oxygen atoms in total. The summed E-state index contributed by atoms with van der Waals surface area (Å²) in [6.45, 7) is 5.47. The first-order valence-electron chi connectivity index (χ1n) is 7.72. The number of nitrogens with zero attached hydrogens (tertiary/aromatic N) is 1. The molecule has 0 aliphatic carbocycles. The van der Waals surface area contributed by atoms with E-state index >= 15 is 0 Å². The maximum atomic E-state index is 12.3. The standard InChI is InChI=1S/C17H24N2O2/c1-3-14-5-4-10-19(12-14)17(21)11-15-6-8-16(9-7-15)18-13(2)20/h6-9,14H,3-5,10-12H2,1-2H3,(H,18,20). The summed E-state index contributed by atoms with van der Waals surface area (Å²) in [5, 5.41) is 2.73. The number of hydrogen-bond donors (Lipinski definition) is 1. The summed E-state index contributed by atoms with van der Waals surface area (Å²) < 4.78 is 0. The maximum Gasteiger partial charge on any atom is 0.226 e. The predicted octanol–water partition coefficient (Wildman–Crippen LogP) is 2.84. The Hall–Kier alpha value is -1.84. The lowest BCUT2D eigenvalue weighted by Crippen LogP contribution is -2.40. The number of carbonyl (C=O) groups excluding carboxylic acids is 2. The molecule has 2 rings (SSSR count). The minimum absolute atomic E-state index is 0.0854. The molecule has 0 spiro atoms. The zero-order chi connectivity index (χ0) is 15.2. The molecule has 1 N–H and O–H groups in total. The Morgan fingerprint density at radius 1 is 1.29 bits per heavy atom. The Bertz CT molecular complexity index is 496. The number of rotatable bonds is 4. The molecule has 1 unspecified atom stereocenters. The molecule has 0 radical (unpaired) electrons. The van der Waals surface area contributed by atoms with Crippen LogP contribution in [-0.2, 0) is 16.0 Å². The molecule has 1 aromatic rings. The minimum Gasteiger partial charge on any atom is -0.342 e. The van der Waals surface area contributed by atoms with Crippen LogP contribution in [0.2, 0.25) is 0 Å². The molecule has 1 atom stereocenters. The van der Waals surface area contributed by atoms with Gasteiger partial charge in [-0.3, -0.25) is 9.59 Å². The van der Waals surface area contributed by atoms with E-state index in [4.69, 9.17) is 0 Å². The van der Waals surface area contributed by atoms with Crippen molar-refractivity contribution in [3.05, 3.63) is 29.8 Å². The second-order valence-corrected chi connectivity index (χ2v) is 5.81. The summed E-state index contributed by atoms with van der Waals surface area (Å²) in [5.41, 5.74) is 1.76. The summed E-state index contributed by atoms with van der Waals surface area (Å²) in [5.74, 6) is 0.781. The van der Waals surface area contributed by atoms with Gasteiger partial charge in [0.05, 0.1) is 6.42 Å². The Labute approximate surface area is 126 Å².